The summed E-state index contributed by atoms with van der Waals surface area (Å²) < 4.78 is 7.36. The van der Waals surface area contributed by atoms with E-state index < -0.39 is 0 Å². The van der Waals surface area contributed by atoms with Crippen LogP contribution >= 0.6 is 0 Å². The number of hydrogen-bond donors (Lipinski definition) is 1. The summed E-state index contributed by atoms with van der Waals surface area (Å²) in [6.07, 6.45) is 5.43. The molecule has 1 saturated heterocycles. The van der Waals surface area contributed by atoms with Crippen LogP contribution in [-0.4, -0.2) is 52.5 Å². The molecule has 0 radical (unpaired) electrons. The van der Waals surface area contributed by atoms with Gasteiger partial charge in [0.05, 0.1) is 25.5 Å². The van der Waals surface area contributed by atoms with Crippen molar-refractivity contribution in [2.45, 2.75) is 39.3 Å². The number of nitrogens with zero attached hydrogens (tertiary/aromatic N) is 3. The summed E-state index contributed by atoms with van der Waals surface area (Å²) in [7, 11) is 0. The number of rotatable bonds is 6. The van der Waals surface area contributed by atoms with E-state index in [2.05, 4.69) is 29.0 Å². The first kappa shape index (κ1) is 16.9. The number of nitrogens with one attached hydrogen (secondary N) is 1. The van der Waals surface area contributed by atoms with Crippen LogP contribution in [0.1, 0.15) is 31.0 Å². The zero-order chi connectivity index (χ0) is 16.9. The minimum atomic E-state index is 0.0864. The highest BCUT2D eigenvalue weighted by Crippen LogP contribution is 2.10. The highest BCUT2D eigenvalue weighted by atomic mass is 16.5. The van der Waals surface area contributed by atoms with E-state index in [1.165, 1.54) is 5.56 Å². The van der Waals surface area contributed by atoms with Crippen LogP contribution in [-0.2, 0) is 16.1 Å². The van der Waals surface area contributed by atoms with Gasteiger partial charge in [0.1, 0.15) is 5.65 Å². The molecule has 0 bridgehead atoms. The summed E-state index contributed by atoms with van der Waals surface area (Å²) in [6, 6.07) is 4.44. The van der Waals surface area contributed by atoms with Crippen LogP contribution in [0.15, 0.2) is 24.5 Å². The number of aryl methyl sites for hydroxylation is 1. The first-order valence-electron chi connectivity index (χ1n) is 8.64. The third-order valence-electron chi connectivity index (χ3n) is 4.57. The van der Waals surface area contributed by atoms with Crippen molar-refractivity contribution in [1.82, 2.24) is 19.6 Å². The maximum atomic E-state index is 12.1. The van der Waals surface area contributed by atoms with Crippen molar-refractivity contribution in [1.29, 1.82) is 0 Å². The molecule has 1 amide bonds. The Balaban J connectivity index is 1.44. The Morgan fingerprint density at radius 1 is 1.33 bits per heavy atom. The molecule has 1 atom stereocenters. The molecule has 6 heteroatoms. The second-order valence-corrected chi connectivity index (χ2v) is 6.52. The van der Waals surface area contributed by atoms with Crippen LogP contribution in [0.2, 0.25) is 0 Å². The van der Waals surface area contributed by atoms with Crippen LogP contribution in [0, 0.1) is 6.92 Å². The van der Waals surface area contributed by atoms with E-state index in [1.54, 1.807) is 0 Å². The first-order chi connectivity index (χ1) is 11.6. The second-order valence-electron chi connectivity index (χ2n) is 6.52. The van der Waals surface area contributed by atoms with Gasteiger partial charge in [0, 0.05) is 37.9 Å². The number of hydrogen-bond acceptors (Lipinski definition) is 4. The third-order valence-corrected chi connectivity index (χ3v) is 4.57. The van der Waals surface area contributed by atoms with Crippen LogP contribution in [0.3, 0.4) is 0 Å². The quantitative estimate of drug-likeness (QED) is 0.877. The molecule has 1 N–H and O–H groups in total. The number of amides is 1. The molecule has 1 fully saturated rings. The van der Waals surface area contributed by atoms with Crippen molar-refractivity contribution in [3.63, 3.8) is 0 Å². The van der Waals surface area contributed by atoms with Gasteiger partial charge in [-0.1, -0.05) is 6.07 Å². The summed E-state index contributed by atoms with van der Waals surface area (Å²) >= 11 is 0. The Kier molecular flexibility index (Phi) is 5.48. The van der Waals surface area contributed by atoms with Crippen LogP contribution in [0.25, 0.3) is 5.65 Å². The van der Waals surface area contributed by atoms with Gasteiger partial charge in [0.25, 0.3) is 0 Å². The zero-order valence-electron chi connectivity index (χ0n) is 14.5. The molecule has 6 nitrogen and oxygen atoms in total. The Bertz CT molecular complexity index is 691. The molecule has 0 saturated carbocycles. The largest absolute Gasteiger partial charge is 0.379 e. The van der Waals surface area contributed by atoms with Gasteiger partial charge in [0.15, 0.2) is 0 Å². The Hall–Kier alpha value is -1.92. The molecule has 2 aromatic heterocycles. The fourth-order valence-electron chi connectivity index (χ4n) is 3.06. The second kappa shape index (κ2) is 7.77. The number of pyridine rings is 1. The molecule has 1 aliphatic heterocycles. The first-order valence-corrected chi connectivity index (χ1v) is 8.64. The SMILES string of the molecule is Cc1ccc2nc(CNC(=O)CCC(C)N3CCOCC3)cn2c1. The molecule has 0 spiro atoms. The maximum absolute atomic E-state index is 12.1. The van der Waals surface area contributed by atoms with E-state index in [1.807, 2.05) is 28.9 Å². The molecule has 0 aliphatic carbocycles. The van der Waals surface area contributed by atoms with Gasteiger partial charge in [-0.2, -0.15) is 0 Å². The molecule has 1 aliphatic rings. The molecule has 0 aromatic carbocycles. The topological polar surface area (TPSA) is 58.9 Å². The zero-order valence-corrected chi connectivity index (χ0v) is 14.5. The number of imidazole rings is 1. The molecule has 130 valence electrons. The Morgan fingerprint density at radius 3 is 2.92 bits per heavy atom. The minimum absolute atomic E-state index is 0.0864. The van der Waals surface area contributed by atoms with Crippen molar-refractivity contribution in [3.8, 4) is 0 Å². The maximum Gasteiger partial charge on any atom is 0.220 e. The van der Waals surface area contributed by atoms with Gasteiger partial charge in [-0.15, -0.1) is 0 Å². The van der Waals surface area contributed by atoms with E-state index in [9.17, 15) is 4.79 Å². The smallest absolute Gasteiger partial charge is 0.220 e. The molecule has 24 heavy (non-hydrogen) atoms. The lowest BCUT2D eigenvalue weighted by Crippen LogP contribution is -2.42. The lowest BCUT2D eigenvalue weighted by atomic mass is 10.1. The number of ether oxygens (including phenoxy) is 1. The number of carbonyl (C=O) groups excluding carboxylic acids is 1. The van der Waals surface area contributed by atoms with E-state index in [0.29, 0.717) is 19.0 Å². The number of carbonyl (C=O) groups is 1. The average molecular weight is 330 g/mol. The van der Waals surface area contributed by atoms with Gasteiger partial charge in [-0.25, -0.2) is 4.98 Å². The summed E-state index contributed by atoms with van der Waals surface area (Å²) in [5, 5.41) is 2.97. The van der Waals surface area contributed by atoms with E-state index in [4.69, 9.17) is 4.74 Å². The molecule has 1 unspecified atom stereocenters. The summed E-state index contributed by atoms with van der Waals surface area (Å²) in [4.78, 5) is 19.0. The number of fused-ring (bicyclic) bond motifs is 1. The van der Waals surface area contributed by atoms with Crippen LogP contribution in [0.5, 0.6) is 0 Å². The van der Waals surface area contributed by atoms with E-state index >= 15 is 0 Å². The van der Waals surface area contributed by atoms with Gasteiger partial charge in [-0.05, 0) is 31.9 Å². The van der Waals surface area contributed by atoms with Crippen LogP contribution in [0.4, 0.5) is 0 Å². The van der Waals surface area contributed by atoms with E-state index in [0.717, 1.165) is 44.1 Å². The fraction of sp³-hybridized carbons (Fsp3) is 0.556. The fourth-order valence-corrected chi connectivity index (χ4v) is 3.06. The van der Waals surface area contributed by atoms with Gasteiger partial charge in [0.2, 0.25) is 5.91 Å². The predicted octanol–water partition coefficient (Wildman–Crippen LogP) is 1.76. The van der Waals surface area contributed by atoms with E-state index in [-0.39, 0.29) is 5.91 Å². The normalized spacial score (nSPS) is 17.1. The molecular formula is C18H26N4O2. The standard InChI is InChI=1S/C18H26N4O2/c1-14-3-5-17-20-16(13-22(17)12-14)11-19-18(23)6-4-15(2)21-7-9-24-10-8-21/h3,5,12-13,15H,4,6-11H2,1-2H3,(H,19,23). The highest BCUT2D eigenvalue weighted by Gasteiger charge is 2.17. The molecule has 3 heterocycles. The lowest BCUT2D eigenvalue weighted by Gasteiger charge is -2.32. The van der Waals surface area contributed by atoms with Crippen LogP contribution < -0.4 is 5.32 Å². The van der Waals surface area contributed by atoms with Crippen molar-refractivity contribution >= 4 is 11.6 Å². The monoisotopic (exact) mass is 330 g/mol. The predicted molar refractivity (Wildman–Crippen MR) is 92.9 cm³/mol. The van der Waals surface area contributed by atoms with Crippen molar-refractivity contribution in [2.24, 2.45) is 0 Å². The van der Waals surface area contributed by atoms with Crippen molar-refractivity contribution in [3.05, 3.63) is 35.8 Å². The number of morpholine rings is 1. The molecule has 2 aromatic rings. The van der Waals surface area contributed by atoms with Crippen molar-refractivity contribution < 1.29 is 9.53 Å². The summed E-state index contributed by atoms with van der Waals surface area (Å²) in [5.41, 5.74) is 2.98. The molecular weight excluding hydrogens is 304 g/mol. The van der Waals surface area contributed by atoms with Crippen molar-refractivity contribution in [2.75, 3.05) is 26.3 Å². The summed E-state index contributed by atoms with van der Waals surface area (Å²) in [6.45, 7) is 8.23. The number of aromatic nitrogens is 2. The highest BCUT2D eigenvalue weighted by molar-refractivity contribution is 5.75. The lowest BCUT2D eigenvalue weighted by molar-refractivity contribution is -0.121. The minimum Gasteiger partial charge on any atom is -0.379 e. The Morgan fingerprint density at radius 2 is 2.12 bits per heavy atom. The average Bonchev–Trinajstić information content (AvgIpc) is 3.00. The molecule has 3 rings (SSSR count). The Labute approximate surface area is 142 Å². The third kappa shape index (κ3) is 4.33. The van der Waals surface area contributed by atoms with Gasteiger partial charge >= 0.3 is 0 Å². The summed E-state index contributed by atoms with van der Waals surface area (Å²) in [5.74, 6) is 0.0864. The van der Waals surface area contributed by atoms with Gasteiger partial charge in [-0.3, -0.25) is 9.69 Å². The van der Waals surface area contributed by atoms with Gasteiger partial charge < -0.3 is 14.5 Å².